The number of pyridine rings is 1. The van der Waals surface area contributed by atoms with E-state index in [1.165, 1.54) is 16.7 Å². The zero-order valence-electron chi connectivity index (χ0n) is 36.8. The van der Waals surface area contributed by atoms with Crippen molar-refractivity contribution < 1.29 is 36.7 Å². The molecular formula is C47H52ClFN8O8S. The fourth-order valence-electron chi connectivity index (χ4n) is 9.14. The maximum atomic E-state index is 15.1. The third-order valence-corrected chi connectivity index (χ3v) is 14.3. The number of sulfonamides is 1. The van der Waals surface area contributed by atoms with Crippen molar-refractivity contribution in [1.82, 2.24) is 19.6 Å². The number of fused-ring (bicyclic) bond motifs is 2. The summed E-state index contributed by atoms with van der Waals surface area (Å²) in [6.07, 6.45) is 5.51. The molecule has 0 radical (unpaired) electrons. The number of hydrogen-bond acceptors (Lipinski definition) is 13. The standard InChI is InChI=1S/C47H52ClFN8O8S/c1-46(2)14-12-33(38(27-46)31-4-6-34(48)7-5-31)28-54-17-19-55(20-18-54)35-8-10-37(40(25-35)56-16-3-21-64-45-42(56)24-32-13-15-50-43(32)52-45)44(58)53-66(61,62)36-9-11-39(41(26-36)57(59)60)51-29-47(49)30-63-22-23-65-47/h4-11,13,15,24-26,51H,3,12,14,16-23,27-30H2,1-2H3,(H,50,52)(H,53,58). The van der Waals surface area contributed by atoms with Crippen molar-refractivity contribution in [3.8, 4) is 5.88 Å². The predicted octanol–water partition coefficient (Wildman–Crippen LogP) is 8.07. The Labute approximate surface area is 387 Å². The Morgan fingerprint density at radius 1 is 0.985 bits per heavy atom. The van der Waals surface area contributed by atoms with Gasteiger partial charge < -0.3 is 34.3 Å². The number of piperazine rings is 1. The topological polar surface area (TPSA) is 185 Å². The monoisotopic (exact) mass is 942 g/mol. The number of nitro benzene ring substituents is 1. The number of hydrogen-bond donors (Lipinski definition) is 3. The van der Waals surface area contributed by atoms with Crippen LogP contribution in [0.15, 0.2) is 89.5 Å². The van der Waals surface area contributed by atoms with E-state index in [0.29, 0.717) is 42.5 Å². The normalized spacial score (nSPS) is 20.4. The molecule has 1 aliphatic carbocycles. The number of nitrogens with one attached hydrogen (secondary N) is 3. The molecule has 16 nitrogen and oxygen atoms in total. The quantitative estimate of drug-likeness (QED) is 0.0807. The molecule has 1 amide bonds. The van der Waals surface area contributed by atoms with Crippen molar-refractivity contribution in [3.05, 3.63) is 111 Å². The lowest BCUT2D eigenvalue weighted by Gasteiger charge is -2.39. The number of carbonyl (C=O) groups is 1. The van der Waals surface area contributed by atoms with Crippen LogP contribution in [0, 0.1) is 15.5 Å². The number of benzene rings is 3. The number of halogens is 2. The van der Waals surface area contributed by atoms with Gasteiger partial charge in [0.1, 0.15) is 23.6 Å². The second-order valence-electron chi connectivity index (χ2n) is 18.0. The SMILES string of the molecule is CC1(C)CCC(CN2CCN(c3ccc(C(=O)NS(=O)(=O)c4ccc(NCC5(F)COCCO5)c([N+](=O)[O-])c4)c(N4CCCOc5nc6[nH]ccc6cc54)c3)CC2)=C(c2ccc(Cl)cc2)C1. The number of allylic oxidation sites excluding steroid dienone is 1. The maximum absolute atomic E-state index is 15.1. The largest absolute Gasteiger partial charge is 0.476 e. The van der Waals surface area contributed by atoms with Crippen LogP contribution in [0.4, 0.5) is 32.8 Å². The number of nitro groups is 1. The van der Waals surface area contributed by atoms with Crippen LogP contribution in [0.5, 0.6) is 5.88 Å². The third kappa shape index (κ3) is 9.83. The smallest absolute Gasteiger partial charge is 0.293 e. The van der Waals surface area contributed by atoms with Crippen LogP contribution in [0.1, 0.15) is 55.5 Å². The average molecular weight is 943 g/mol. The fourth-order valence-corrected chi connectivity index (χ4v) is 10.3. The van der Waals surface area contributed by atoms with Crippen LogP contribution in [0.25, 0.3) is 16.6 Å². The highest BCUT2D eigenvalue weighted by Gasteiger charge is 2.36. The number of anilines is 4. The van der Waals surface area contributed by atoms with E-state index in [9.17, 15) is 23.3 Å². The van der Waals surface area contributed by atoms with Crippen LogP contribution >= 0.6 is 11.6 Å². The summed E-state index contributed by atoms with van der Waals surface area (Å²) in [5.41, 5.74) is 6.11. The highest BCUT2D eigenvalue weighted by Crippen LogP contribution is 2.44. The Morgan fingerprint density at radius 3 is 2.55 bits per heavy atom. The first kappa shape index (κ1) is 45.4. The molecule has 2 aromatic heterocycles. The molecule has 0 spiro atoms. The van der Waals surface area contributed by atoms with Crippen molar-refractivity contribution in [1.29, 1.82) is 0 Å². The van der Waals surface area contributed by atoms with E-state index < -0.39 is 43.8 Å². The number of amides is 1. The number of aromatic nitrogens is 2. The first-order valence-corrected chi connectivity index (χ1v) is 24.0. The van der Waals surface area contributed by atoms with Gasteiger partial charge in [0.25, 0.3) is 21.6 Å². The molecule has 3 N–H and O–H groups in total. The first-order chi connectivity index (χ1) is 31.6. The molecule has 4 aliphatic rings. The zero-order chi connectivity index (χ0) is 46.2. The molecule has 9 rings (SSSR count). The van der Waals surface area contributed by atoms with Gasteiger partial charge in [0.2, 0.25) is 11.7 Å². The van der Waals surface area contributed by atoms with Crippen LogP contribution in [0.3, 0.4) is 0 Å². The summed E-state index contributed by atoms with van der Waals surface area (Å²) in [6.45, 7) is 8.75. The third-order valence-electron chi connectivity index (χ3n) is 12.7. The van der Waals surface area contributed by atoms with E-state index >= 15 is 4.39 Å². The molecule has 3 aliphatic heterocycles. The molecule has 5 aromatic rings. The van der Waals surface area contributed by atoms with Gasteiger partial charge in [-0.2, -0.15) is 4.98 Å². The molecule has 3 aromatic carbocycles. The number of carbonyl (C=O) groups excluding carboxylic acids is 1. The van der Waals surface area contributed by atoms with Gasteiger partial charge in [0.05, 0.1) is 47.4 Å². The minimum absolute atomic E-state index is 0.00951. The summed E-state index contributed by atoms with van der Waals surface area (Å²) >= 11 is 6.26. The summed E-state index contributed by atoms with van der Waals surface area (Å²) in [6, 6.07) is 20.4. The molecule has 1 atom stereocenters. The molecule has 19 heteroatoms. The van der Waals surface area contributed by atoms with E-state index in [0.717, 1.165) is 86.3 Å². The Hall–Kier alpha value is -5.79. The van der Waals surface area contributed by atoms with E-state index in [-0.39, 0.29) is 36.5 Å². The molecule has 66 heavy (non-hydrogen) atoms. The number of alkyl halides is 1. The van der Waals surface area contributed by atoms with Crippen molar-refractivity contribution in [2.75, 3.05) is 87.4 Å². The van der Waals surface area contributed by atoms with Crippen LogP contribution < -0.4 is 24.6 Å². The van der Waals surface area contributed by atoms with Gasteiger partial charge in [-0.25, -0.2) is 17.5 Å². The van der Waals surface area contributed by atoms with Crippen LogP contribution in [0.2, 0.25) is 5.02 Å². The maximum Gasteiger partial charge on any atom is 0.293 e. The number of aromatic amines is 1. The molecule has 348 valence electrons. The summed E-state index contributed by atoms with van der Waals surface area (Å²) in [7, 11) is -4.68. The first-order valence-electron chi connectivity index (χ1n) is 22.1. The van der Waals surface area contributed by atoms with E-state index in [2.05, 4.69) is 50.8 Å². The van der Waals surface area contributed by atoms with Crippen molar-refractivity contribution >= 4 is 72.6 Å². The molecule has 0 saturated carbocycles. The summed E-state index contributed by atoms with van der Waals surface area (Å²) in [5.74, 6) is -2.81. The second-order valence-corrected chi connectivity index (χ2v) is 20.1. The molecule has 5 heterocycles. The Balaban J connectivity index is 0.987. The van der Waals surface area contributed by atoms with E-state index in [1.807, 2.05) is 41.3 Å². The zero-order valence-corrected chi connectivity index (χ0v) is 38.4. The molecule has 0 bridgehead atoms. The molecular weight excluding hydrogens is 891 g/mol. The van der Waals surface area contributed by atoms with Gasteiger partial charge in [0, 0.05) is 67.6 Å². The fraction of sp³-hybridized carbons (Fsp3) is 0.404. The summed E-state index contributed by atoms with van der Waals surface area (Å²) in [5, 5.41) is 16.3. The van der Waals surface area contributed by atoms with Gasteiger partial charge in [-0.1, -0.05) is 43.2 Å². The number of ether oxygens (including phenoxy) is 3. The summed E-state index contributed by atoms with van der Waals surface area (Å²) in [4.78, 5) is 39.7. The van der Waals surface area contributed by atoms with Gasteiger partial charge in [-0.15, -0.1) is 0 Å². The van der Waals surface area contributed by atoms with E-state index in [1.54, 1.807) is 12.3 Å². The Kier molecular flexibility index (Phi) is 12.7. The van der Waals surface area contributed by atoms with Gasteiger partial charge in [-0.05, 0) is 96.8 Å². The van der Waals surface area contributed by atoms with Gasteiger partial charge in [-0.3, -0.25) is 19.8 Å². The summed E-state index contributed by atoms with van der Waals surface area (Å²) < 4.78 is 61.4. The second kappa shape index (κ2) is 18.5. The lowest BCUT2D eigenvalue weighted by Crippen LogP contribution is -2.47. The molecule has 2 fully saturated rings. The van der Waals surface area contributed by atoms with E-state index in [4.69, 9.17) is 30.8 Å². The minimum atomic E-state index is -4.68. The number of nitrogens with zero attached hydrogens (tertiary/aromatic N) is 5. The van der Waals surface area contributed by atoms with Gasteiger partial charge >= 0.3 is 0 Å². The van der Waals surface area contributed by atoms with Crippen molar-refractivity contribution in [3.63, 3.8) is 0 Å². The minimum Gasteiger partial charge on any atom is -0.476 e. The molecule has 1 unspecified atom stereocenters. The average Bonchev–Trinajstić information content (AvgIpc) is 3.66. The van der Waals surface area contributed by atoms with Crippen LogP contribution in [-0.2, 0) is 19.5 Å². The van der Waals surface area contributed by atoms with Crippen LogP contribution in [-0.4, -0.2) is 112 Å². The lowest BCUT2D eigenvalue weighted by atomic mass is 9.72. The number of H-pyrrole nitrogens is 1. The Morgan fingerprint density at radius 2 is 1.79 bits per heavy atom. The predicted molar refractivity (Wildman–Crippen MR) is 251 cm³/mol. The Bertz CT molecular complexity index is 2790. The highest BCUT2D eigenvalue weighted by molar-refractivity contribution is 7.90. The highest BCUT2D eigenvalue weighted by atomic mass is 35.5. The molecule has 2 saturated heterocycles. The van der Waals surface area contributed by atoms with Crippen molar-refractivity contribution in [2.45, 2.75) is 50.3 Å². The van der Waals surface area contributed by atoms with Gasteiger partial charge in [0.15, 0.2) is 0 Å². The lowest BCUT2D eigenvalue weighted by molar-refractivity contribution is -0.384. The van der Waals surface area contributed by atoms with Crippen molar-refractivity contribution in [2.24, 2.45) is 5.41 Å². The number of rotatable bonds is 12.